The third-order valence-corrected chi connectivity index (χ3v) is 9.39. The van der Waals surface area contributed by atoms with Crippen LogP contribution in [0.3, 0.4) is 0 Å². The highest BCUT2D eigenvalue weighted by Gasteiger charge is 2.19. The molecule has 220 valence electrons. The predicted octanol–water partition coefficient (Wildman–Crippen LogP) is 13.1. The molecular formula is C46H31N. The molecule has 0 aliphatic heterocycles. The fourth-order valence-electron chi connectivity index (χ4n) is 7.18. The zero-order valence-electron chi connectivity index (χ0n) is 25.8. The summed E-state index contributed by atoms with van der Waals surface area (Å²) in [5.74, 6) is 0. The molecule has 1 heteroatoms. The Morgan fingerprint density at radius 3 is 1.57 bits per heavy atom. The van der Waals surface area contributed by atoms with E-state index in [1.54, 1.807) is 0 Å². The summed E-state index contributed by atoms with van der Waals surface area (Å²) in [7, 11) is 0. The van der Waals surface area contributed by atoms with Gasteiger partial charge in [-0.2, -0.15) is 0 Å². The lowest BCUT2D eigenvalue weighted by Crippen LogP contribution is -2.10. The molecule has 0 unspecified atom stereocenters. The Bertz CT molecular complexity index is 2550. The van der Waals surface area contributed by atoms with Crippen molar-refractivity contribution in [3.05, 3.63) is 188 Å². The summed E-state index contributed by atoms with van der Waals surface area (Å²) in [5, 5.41) is 10.0. The molecule has 0 aromatic heterocycles. The molecule has 47 heavy (non-hydrogen) atoms. The molecule has 1 nitrogen and oxygen atoms in total. The topological polar surface area (TPSA) is 3.24 Å². The third-order valence-electron chi connectivity index (χ3n) is 9.39. The summed E-state index contributed by atoms with van der Waals surface area (Å²) in [6.45, 7) is 0. The normalized spacial score (nSPS) is 11.4. The molecule has 9 rings (SSSR count). The van der Waals surface area contributed by atoms with E-state index in [9.17, 15) is 0 Å². The van der Waals surface area contributed by atoms with Gasteiger partial charge < -0.3 is 4.90 Å². The van der Waals surface area contributed by atoms with Crippen LogP contribution in [0.15, 0.2) is 188 Å². The molecule has 0 heterocycles. The number of benzene rings is 9. The van der Waals surface area contributed by atoms with E-state index >= 15 is 0 Å². The third kappa shape index (κ3) is 4.72. The average molecular weight is 598 g/mol. The summed E-state index contributed by atoms with van der Waals surface area (Å²) in [4.78, 5) is 2.40. The highest BCUT2D eigenvalue weighted by atomic mass is 15.1. The van der Waals surface area contributed by atoms with E-state index in [2.05, 4.69) is 193 Å². The van der Waals surface area contributed by atoms with E-state index in [0.29, 0.717) is 0 Å². The predicted molar refractivity (Wildman–Crippen MR) is 202 cm³/mol. The van der Waals surface area contributed by atoms with Crippen LogP contribution in [-0.2, 0) is 0 Å². The quantitative estimate of drug-likeness (QED) is 0.178. The van der Waals surface area contributed by atoms with Crippen molar-refractivity contribution in [1.29, 1.82) is 0 Å². The molecule has 0 N–H and O–H groups in total. The minimum absolute atomic E-state index is 1.12. The van der Waals surface area contributed by atoms with Gasteiger partial charge in [0.05, 0.1) is 5.69 Å². The summed E-state index contributed by atoms with van der Waals surface area (Å²) in [5.41, 5.74) is 8.31. The first-order valence-electron chi connectivity index (χ1n) is 16.2. The van der Waals surface area contributed by atoms with Gasteiger partial charge in [0.1, 0.15) is 0 Å². The maximum Gasteiger partial charge on any atom is 0.0546 e. The standard InChI is InChI=1S/C46H31N/c1-3-13-32(14-4-1)34-25-27-39(28-26-34)47(38-17-5-2-6-18-38)45-31-37-30-44(36-24-23-33-15-7-8-16-35(33)29-36)40-19-9-11-21-42(40)46(37)43-22-12-10-20-41(43)45/h1-31H. The van der Waals surface area contributed by atoms with Crippen LogP contribution in [0.2, 0.25) is 0 Å². The van der Waals surface area contributed by atoms with Gasteiger partial charge in [-0.1, -0.05) is 146 Å². The fraction of sp³-hybridized carbons (Fsp3) is 0. The number of hydrogen-bond donors (Lipinski definition) is 0. The van der Waals surface area contributed by atoms with E-state index in [1.807, 2.05) is 0 Å². The van der Waals surface area contributed by atoms with Gasteiger partial charge in [0.15, 0.2) is 0 Å². The number of nitrogens with zero attached hydrogens (tertiary/aromatic N) is 1. The Kier molecular flexibility index (Phi) is 6.54. The second kappa shape index (κ2) is 11.3. The molecule has 0 radical (unpaired) electrons. The summed E-state index contributed by atoms with van der Waals surface area (Å²) in [6.07, 6.45) is 0. The van der Waals surface area contributed by atoms with Gasteiger partial charge in [0.25, 0.3) is 0 Å². The molecular weight excluding hydrogens is 567 g/mol. The SMILES string of the molecule is c1ccc(-c2ccc(N(c3ccccc3)c3cc4cc(-c5ccc6ccccc6c5)c5ccccc5c4c4ccccc34)cc2)cc1. The van der Waals surface area contributed by atoms with Crippen molar-refractivity contribution in [3.63, 3.8) is 0 Å². The van der Waals surface area contributed by atoms with Crippen LogP contribution in [-0.4, -0.2) is 0 Å². The van der Waals surface area contributed by atoms with Gasteiger partial charge >= 0.3 is 0 Å². The van der Waals surface area contributed by atoms with Crippen LogP contribution in [0.5, 0.6) is 0 Å². The van der Waals surface area contributed by atoms with Gasteiger partial charge in [0, 0.05) is 16.8 Å². The lowest BCUT2D eigenvalue weighted by molar-refractivity contribution is 1.30. The van der Waals surface area contributed by atoms with Crippen molar-refractivity contribution in [2.75, 3.05) is 4.90 Å². The Morgan fingerprint density at radius 2 is 0.830 bits per heavy atom. The van der Waals surface area contributed by atoms with E-state index in [4.69, 9.17) is 0 Å². The molecule has 0 amide bonds. The first kappa shape index (κ1) is 27.2. The van der Waals surface area contributed by atoms with E-state index in [1.165, 1.54) is 65.3 Å². The van der Waals surface area contributed by atoms with Gasteiger partial charge in [-0.15, -0.1) is 0 Å². The van der Waals surface area contributed by atoms with Crippen molar-refractivity contribution >= 4 is 60.2 Å². The lowest BCUT2D eigenvalue weighted by Gasteiger charge is -2.28. The fourth-order valence-corrected chi connectivity index (χ4v) is 7.18. The number of fused-ring (bicyclic) bond motifs is 6. The van der Waals surface area contributed by atoms with Crippen LogP contribution >= 0.6 is 0 Å². The van der Waals surface area contributed by atoms with Crippen molar-refractivity contribution < 1.29 is 0 Å². The highest BCUT2D eigenvalue weighted by molar-refractivity contribution is 6.26. The molecule has 0 bridgehead atoms. The molecule has 0 aliphatic carbocycles. The largest absolute Gasteiger partial charge is 0.310 e. The van der Waals surface area contributed by atoms with Crippen molar-refractivity contribution in [1.82, 2.24) is 0 Å². The Labute approximate surface area is 274 Å². The molecule has 0 aliphatic rings. The van der Waals surface area contributed by atoms with Crippen molar-refractivity contribution in [2.45, 2.75) is 0 Å². The van der Waals surface area contributed by atoms with E-state index in [-0.39, 0.29) is 0 Å². The van der Waals surface area contributed by atoms with Gasteiger partial charge in [-0.05, 0) is 102 Å². The molecule has 0 saturated heterocycles. The Morgan fingerprint density at radius 1 is 0.298 bits per heavy atom. The second-order valence-electron chi connectivity index (χ2n) is 12.2. The van der Waals surface area contributed by atoms with Gasteiger partial charge in [-0.3, -0.25) is 0 Å². The lowest BCUT2D eigenvalue weighted by atomic mass is 9.89. The van der Waals surface area contributed by atoms with Crippen molar-refractivity contribution in [2.24, 2.45) is 0 Å². The van der Waals surface area contributed by atoms with Gasteiger partial charge in [0.2, 0.25) is 0 Å². The molecule has 0 spiro atoms. The highest BCUT2D eigenvalue weighted by Crippen LogP contribution is 2.45. The van der Waals surface area contributed by atoms with Crippen LogP contribution in [0.4, 0.5) is 17.1 Å². The number of hydrogen-bond acceptors (Lipinski definition) is 1. The smallest absolute Gasteiger partial charge is 0.0546 e. The summed E-state index contributed by atoms with van der Waals surface area (Å²) >= 11 is 0. The molecule has 9 aromatic carbocycles. The maximum absolute atomic E-state index is 2.40. The molecule has 0 atom stereocenters. The summed E-state index contributed by atoms with van der Waals surface area (Å²) in [6, 6.07) is 68.3. The van der Waals surface area contributed by atoms with Crippen LogP contribution < -0.4 is 4.90 Å². The zero-order chi connectivity index (χ0) is 31.2. The van der Waals surface area contributed by atoms with E-state index in [0.717, 1.165) is 17.1 Å². The number of anilines is 3. The zero-order valence-corrected chi connectivity index (χ0v) is 25.8. The minimum atomic E-state index is 1.12. The van der Waals surface area contributed by atoms with Crippen LogP contribution in [0.1, 0.15) is 0 Å². The van der Waals surface area contributed by atoms with Crippen LogP contribution in [0, 0.1) is 0 Å². The number of para-hydroxylation sites is 1. The second-order valence-corrected chi connectivity index (χ2v) is 12.2. The molecule has 9 aromatic rings. The summed E-state index contributed by atoms with van der Waals surface area (Å²) < 4.78 is 0. The average Bonchev–Trinajstić information content (AvgIpc) is 3.15. The first-order valence-corrected chi connectivity index (χ1v) is 16.2. The Hall–Kier alpha value is -6.18. The molecule has 0 fully saturated rings. The minimum Gasteiger partial charge on any atom is -0.310 e. The van der Waals surface area contributed by atoms with E-state index < -0.39 is 0 Å². The monoisotopic (exact) mass is 597 g/mol. The number of rotatable bonds is 5. The Balaban J connectivity index is 1.32. The molecule has 0 saturated carbocycles. The first-order chi connectivity index (χ1) is 23.3. The van der Waals surface area contributed by atoms with Crippen molar-refractivity contribution in [3.8, 4) is 22.3 Å². The van der Waals surface area contributed by atoms with Crippen LogP contribution in [0.25, 0.3) is 65.3 Å². The maximum atomic E-state index is 2.40. The van der Waals surface area contributed by atoms with Gasteiger partial charge in [-0.25, -0.2) is 0 Å².